The number of hydrogen-bond acceptors (Lipinski definition) is 5. The maximum atomic E-state index is 11.6. The fourth-order valence-electron chi connectivity index (χ4n) is 4.95. The van der Waals surface area contributed by atoms with Crippen molar-refractivity contribution in [2.45, 2.75) is 58.9 Å². The zero-order valence-corrected chi connectivity index (χ0v) is 22.1. The number of hydrogen-bond donors (Lipinski definition) is 0. The van der Waals surface area contributed by atoms with Gasteiger partial charge in [-0.2, -0.15) is 0 Å². The number of imidazole rings is 1. The van der Waals surface area contributed by atoms with Gasteiger partial charge in [0.05, 0.1) is 30.2 Å². The number of piperidine rings is 1. The number of para-hydroxylation sites is 2. The number of fused-ring (bicyclic) bond motifs is 1. The van der Waals surface area contributed by atoms with E-state index in [0.29, 0.717) is 12.5 Å². The first kappa shape index (κ1) is 26.4. The van der Waals surface area contributed by atoms with Crippen molar-refractivity contribution in [1.82, 2.24) is 14.5 Å². The van der Waals surface area contributed by atoms with Gasteiger partial charge in [-0.25, -0.2) is 4.98 Å². The Kier molecular flexibility index (Phi) is 9.54. The van der Waals surface area contributed by atoms with Gasteiger partial charge in [-0.1, -0.05) is 50.2 Å². The number of aromatic nitrogens is 2. The van der Waals surface area contributed by atoms with Crippen molar-refractivity contribution >= 4 is 17.0 Å². The molecule has 0 amide bonds. The van der Waals surface area contributed by atoms with Gasteiger partial charge in [0.25, 0.3) is 0 Å². The number of carbonyl (C=O) groups excluding carboxylic acids is 1. The van der Waals surface area contributed by atoms with Crippen molar-refractivity contribution in [3.63, 3.8) is 0 Å². The molecular weight excluding hydrogens is 450 g/mol. The minimum absolute atomic E-state index is 0.0702. The number of nitrogens with zero attached hydrogens (tertiary/aromatic N) is 3. The molecule has 2 heterocycles. The van der Waals surface area contributed by atoms with E-state index in [1.54, 1.807) is 0 Å². The van der Waals surface area contributed by atoms with Gasteiger partial charge in [0.2, 0.25) is 0 Å². The van der Waals surface area contributed by atoms with E-state index in [1.807, 2.05) is 20.8 Å². The van der Waals surface area contributed by atoms with E-state index >= 15 is 0 Å². The second kappa shape index (κ2) is 13.0. The minimum atomic E-state index is -0.127. The van der Waals surface area contributed by atoms with Gasteiger partial charge in [-0.3, -0.25) is 4.79 Å². The molecule has 6 heteroatoms. The average molecular weight is 492 g/mol. The van der Waals surface area contributed by atoms with Crippen molar-refractivity contribution in [2.75, 3.05) is 39.5 Å². The molecule has 0 atom stereocenters. The first-order valence-electron chi connectivity index (χ1n) is 13.5. The highest BCUT2D eigenvalue weighted by Crippen LogP contribution is 2.30. The largest absolute Gasteiger partial charge is 0.465 e. The average Bonchev–Trinajstić information content (AvgIpc) is 3.27. The van der Waals surface area contributed by atoms with Crippen molar-refractivity contribution < 1.29 is 14.3 Å². The van der Waals surface area contributed by atoms with Crippen LogP contribution in [0.25, 0.3) is 11.0 Å². The molecule has 1 aliphatic heterocycles. The first-order chi connectivity index (χ1) is 17.5. The van der Waals surface area contributed by atoms with Gasteiger partial charge in [0.1, 0.15) is 5.82 Å². The molecule has 0 aliphatic carbocycles. The van der Waals surface area contributed by atoms with Crippen molar-refractivity contribution in [1.29, 1.82) is 0 Å². The summed E-state index contributed by atoms with van der Waals surface area (Å²) < 4.78 is 13.3. The highest BCUT2D eigenvalue weighted by atomic mass is 16.5. The van der Waals surface area contributed by atoms with E-state index < -0.39 is 0 Å². The summed E-state index contributed by atoms with van der Waals surface area (Å²) in [7, 11) is 0. The van der Waals surface area contributed by atoms with Gasteiger partial charge in [0.15, 0.2) is 0 Å². The molecule has 194 valence electrons. The Labute approximate surface area is 215 Å². The Morgan fingerprint density at radius 2 is 1.67 bits per heavy atom. The molecule has 36 heavy (non-hydrogen) atoms. The Morgan fingerprint density at radius 1 is 0.972 bits per heavy atom. The summed E-state index contributed by atoms with van der Waals surface area (Å²) in [4.78, 5) is 19.2. The first-order valence-corrected chi connectivity index (χ1v) is 13.5. The number of benzene rings is 2. The lowest BCUT2D eigenvalue weighted by Crippen LogP contribution is -2.35. The molecule has 2 aromatic carbocycles. The van der Waals surface area contributed by atoms with Crippen LogP contribution in [0.3, 0.4) is 0 Å². The summed E-state index contributed by atoms with van der Waals surface area (Å²) >= 11 is 0. The van der Waals surface area contributed by atoms with Crippen LogP contribution >= 0.6 is 0 Å². The highest BCUT2D eigenvalue weighted by Gasteiger charge is 2.25. The van der Waals surface area contributed by atoms with Gasteiger partial charge >= 0.3 is 5.97 Å². The van der Waals surface area contributed by atoms with Crippen molar-refractivity contribution in [3.8, 4) is 0 Å². The molecule has 3 aromatic rings. The fraction of sp³-hybridized carbons (Fsp3) is 0.533. The van der Waals surface area contributed by atoms with Crippen LogP contribution in [0.2, 0.25) is 0 Å². The van der Waals surface area contributed by atoms with Gasteiger partial charge < -0.3 is 18.9 Å². The molecule has 6 nitrogen and oxygen atoms in total. The number of carbonyl (C=O) groups is 1. The predicted molar refractivity (Wildman–Crippen MR) is 144 cm³/mol. The molecule has 0 N–H and O–H groups in total. The van der Waals surface area contributed by atoms with Crippen LogP contribution in [-0.2, 0) is 33.7 Å². The number of rotatable bonds is 12. The van der Waals surface area contributed by atoms with E-state index in [4.69, 9.17) is 14.5 Å². The quantitative estimate of drug-likeness (QED) is 0.256. The second-order valence-electron chi connectivity index (χ2n) is 10.1. The molecule has 4 rings (SSSR count). The van der Waals surface area contributed by atoms with Gasteiger partial charge in [0, 0.05) is 32.0 Å². The van der Waals surface area contributed by atoms with Crippen molar-refractivity contribution in [3.05, 3.63) is 65.5 Å². The molecule has 0 unspecified atom stereocenters. The molecule has 0 radical (unpaired) electrons. The van der Waals surface area contributed by atoms with Crippen LogP contribution in [-0.4, -0.2) is 59.9 Å². The zero-order valence-electron chi connectivity index (χ0n) is 22.1. The Balaban J connectivity index is 1.25. The maximum Gasteiger partial charge on any atom is 0.308 e. The monoisotopic (exact) mass is 491 g/mol. The van der Waals surface area contributed by atoms with Crippen LogP contribution in [0, 0.1) is 5.92 Å². The highest BCUT2D eigenvalue weighted by molar-refractivity contribution is 5.76. The van der Waals surface area contributed by atoms with Crippen LogP contribution in [0.4, 0.5) is 0 Å². The van der Waals surface area contributed by atoms with Gasteiger partial charge in [-0.05, 0) is 62.5 Å². The second-order valence-corrected chi connectivity index (χ2v) is 10.1. The molecular formula is C30H41N3O3. The Morgan fingerprint density at radius 3 is 2.36 bits per heavy atom. The number of esters is 1. The third-order valence-corrected chi connectivity index (χ3v) is 7.15. The van der Waals surface area contributed by atoms with E-state index in [2.05, 4.69) is 58.0 Å². The summed E-state index contributed by atoms with van der Waals surface area (Å²) in [5.41, 5.74) is 4.88. The third-order valence-electron chi connectivity index (χ3n) is 7.15. The molecule has 0 saturated carbocycles. The molecule has 1 aromatic heterocycles. The van der Waals surface area contributed by atoms with E-state index in [9.17, 15) is 4.79 Å². The lowest BCUT2D eigenvalue weighted by Gasteiger charge is -2.32. The normalized spacial score (nSPS) is 15.1. The summed E-state index contributed by atoms with van der Waals surface area (Å²) in [6.45, 7) is 11.9. The third kappa shape index (κ3) is 6.95. The maximum absolute atomic E-state index is 11.6. The van der Waals surface area contributed by atoms with Crippen molar-refractivity contribution in [2.24, 2.45) is 5.92 Å². The van der Waals surface area contributed by atoms with E-state index in [0.717, 1.165) is 70.6 Å². The van der Waals surface area contributed by atoms with Crippen LogP contribution in [0.5, 0.6) is 0 Å². The summed E-state index contributed by atoms with van der Waals surface area (Å²) in [5.74, 6) is 1.53. The zero-order chi connectivity index (χ0) is 25.3. The minimum Gasteiger partial charge on any atom is -0.465 e. The molecule has 0 spiro atoms. The Hall–Kier alpha value is -2.70. The van der Waals surface area contributed by atoms with E-state index in [1.165, 1.54) is 22.5 Å². The molecule has 0 bridgehead atoms. The van der Waals surface area contributed by atoms with Crippen LogP contribution in [0.1, 0.15) is 56.5 Å². The predicted octanol–water partition coefficient (Wildman–Crippen LogP) is 5.24. The smallest absolute Gasteiger partial charge is 0.308 e. The summed E-state index contributed by atoms with van der Waals surface area (Å²) in [6, 6.07) is 17.2. The number of ether oxygens (including phenoxy) is 2. The molecule has 1 fully saturated rings. The summed E-state index contributed by atoms with van der Waals surface area (Å²) in [5, 5.41) is 0. The summed E-state index contributed by atoms with van der Waals surface area (Å²) in [6.07, 6.45) is 4.11. The lowest BCUT2D eigenvalue weighted by molar-refractivity contribution is -0.147. The standard InChI is InChI=1S/C30H41N3O3/c1-4-35-22-20-33-28-8-6-5-7-27(28)31-29(33)26-14-18-32(19-15-26)17-13-24-9-11-25(12-10-24)16-21-36-30(34)23(2)3/h5-12,23,26H,4,13-22H2,1-3H3. The van der Waals surface area contributed by atoms with Crippen LogP contribution < -0.4 is 0 Å². The topological polar surface area (TPSA) is 56.6 Å². The fourth-order valence-corrected chi connectivity index (χ4v) is 4.95. The number of likely N-dealkylation sites (tertiary alicyclic amines) is 1. The molecule has 1 saturated heterocycles. The van der Waals surface area contributed by atoms with Gasteiger partial charge in [-0.15, -0.1) is 0 Å². The lowest BCUT2D eigenvalue weighted by atomic mass is 9.95. The van der Waals surface area contributed by atoms with Crippen LogP contribution in [0.15, 0.2) is 48.5 Å². The molecule has 1 aliphatic rings. The Bertz CT molecular complexity index is 1100. The van der Waals surface area contributed by atoms with E-state index in [-0.39, 0.29) is 11.9 Å². The SMILES string of the molecule is CCOCCn1c(C2CCN(CCc3ccc(CCOC(=O)C(C)C)cc3)CC2)nc2ccccc21.